The number of imidazole rings is 1. The number of carbonyl (C=O) groups is 1. The summed E-state index contributed by atoms with van der Waals surface area (Å²) in [4.78, 5) is 23.7. The Morgan fingerprint density at radius 3 is 2.89 bits per heavy atom. The molecule has 27 heavy (non-hydrogen) atoms. The van der Waals surface area contributed by atoms with Crippen LogP contribution in [0.4, 0.5) is 0 Å². The van der Waals surface area contributed by atoms with Gasteiger partial charge in [-0.05, 0) is 30.2 Å². The van der Waals surface area contributed by atoms with E-state index >= 15 is 0 Å². The number of hydrogen-bond acceptors (Lipinski definition) is 5. The van der Waals surface area contributed by atoms with E-state index in [1.165, 1.54) is 0 Å². The quantitative estimate of drug-likeness (QED) is 0.747. The minimum atomic E-state index is -0.166. The summed E-state index contributed by atoms with van der Waals surface area (Å²) in [6.07, 6.45) is 7.29. The highest BCUT2D eigenvalue weighted by Crippen LogP contribution is 2.20. The molecule has 1 aliphatic heterocycles. The predicted molar refractivity (Wildman–Crippen MR) is 102 cm³/mol. The number of amides is 1. The molecule has 3 aromatic rings. The van der Waals surface area contributed by atoms with Crippen molar-refractivity contribution in [2.75, 3.05) is 32.8 Å². The zero-order valence-corrected chi connectivity index (χ0v) is 15.3. The third kappa shape index (κ3) is 3.84. The van der Waals surface area contributed by atoms with Crippen LogP contribution in [-0.4, -0.2) is 58.0 Å². The van der Waals surface area contributed by atoms with Gasteiger partial charge in [0.05, 0.1) is 19.3 Å². The van der Waals surface area contributed by atoms with E-state index in [-0.39, 0.29) is 11.9 Å². The number of nitrogens with one attached hydrogen (secondary N) is 1. The first-order valence-electron chi connectivity index (χ1n) is 9.16. The van der Waals surface area contributed by atoms with Gasteiger partial charge in [-0.1, -0.05) is 12.1 Å². The average Bonchev–Trinajstić information content (AvgIpc) is 3.16. The zero-order chi connectivity index (χ0) is 18.6. The maximum absolute atomic E-state index is 12.7. The van der Waals surface area contributed by atoms with Crippen molar-refractivity contribution >= 4 is 11.6 Å². The van der Waals surface area contributed by atoms with Gasteiger partial charge >= 0.3 is 0 Å². The zero-order valence-electron chi connectivity index (χ0n) is 15.3. The van der Waals surface area contributed by atoms with Gasteiger partial charge in [0.15, 0.2) is 0 Å². The van der Waals surface area contributed by atoms with E-state index in [2.05, 4.69) is 20.2 Å². The molecule has 1 atom stereocenters. The van der Waals surface area contributed by atoms with Crippen molar-refractivity contribution in [3.05, 3.63) is 65.9 Å². The van der Waals surface area contributed by atoms with Gasteiger partial charge in [0.1, 0.15) is 11.3 Å². The van der Waals surface area contributed by atoms with Crippen LogP contribution in [0.25, 0.3) is 5.65 Å². The summed E-state index contributed by atoms with van der Waals surface area (Å²) in [6.45, 7) is 5.57. The van der Waals surface area contributed by atoms with Gasteiger partial charge in [-0.2, -0.15) is 0 Å². The van der Waals surface area contributed by atoms with Crippen LogP contribution >= 0.6 is 0 Å². The number of hydrogen-bond donors (Lipinski definition) is 1. The molecule has 140 valence electrons. The maximum atomic E-state index is 12.7. The molecular formula is C20H23N5O2. The monoisotopic (exact) mass is 365 g/mol. The fourth-order valence-corrected chi connectivity index (χ4v) is 3.46. The summed E-state index contributed by atoms with van der Waals surface area (Å²) in [6, 6.07) is 7.97. The van der Waals surface area contributed by atoms with Gasteiger partial charge in [-0.15, -0.1) is 0 Å². The summed E-state index contributed by atoms with van der Waals surface area (Å²) < 4.78 is 7.35. The van der Waals surface area contributed by atoms with Crippen LogP contribution in [0, 0.1) is 6.92 Å². The van der Waals surface area contributed by atoms with Crippen LogP contribution in [0.2, 0.25) is 0 Å². The summed E-state index contributed by atoms with van der Waals surface area (Å²) in [5, 5.41) is 3.05. The van der Waals surface area contributed by atoms with Crippen LogP contribution in [0.5, 0.6) is 0 Å². The van der Waals surface area contributed by atoms with Gasteiger partial charge in [0, 0.05) is 44.4 Å². The van der Waals surface area contributed by atoms with Gasteiger partial charge < -0.3 is 14.5 Å². The molecule has 4 heterocycles. The Kier molecular flexibility index (Phi) is 5.13. The van der Waals surface area contributed by atoms with E-state index in [4.69, 9.17) is 4.74 Å². The fraction of sp³-hybridized carbons (Fsp3) is 0.350. The van der Waals surface area contributed by atoms with Gasteiger partial charge in [-0.25, -0.2) is 4.98 Å². The van der Waals surface area contributed by atoms with E-state index in [1.54, 1.807) is 12.4 Å². The molecule has 0 saturated carbocycles. The van der Waals surface area contributed by atoms with Crippen molar-refractivity contribution in [1.82, 2.24) is 24.6 Å². The molecule has 4 rings (SSSR count). The second-order valence-corrected chi connectivity index (χ2v) is 6.71. The van der Waals surface area contributed by atoms with Crippen molar-refractivity contribution in [3.63, 3.8) is 0 Å². The average molecular weight is 365 g/mol. The first-order chi connectivity index (χ1) is 13.2. The lowest BCUT2D eigenvalue weighted by molar-refractivity contribution is 0.0161. The Morgan fingerprint density at radius 2 is 2.15 bits per heavy atom. The fourth-order valence-electron chi connectivity index (χ4n) is 3.46. The third-order valence-corrected chi connectivity index (χ3v) is 4.92. The summed E-state index contributed by atoms with van der Waals surface area (Å²) >= 11 is 0. The lowest BCUT2D eigenvalue weighted by Gasteiger charge is -2.34. The van der Waals surface area contributed by atoms with Crippen LogP contribution in [0.1, 0.15) is 27.7 Å². The van der Waals surface area contributed by atoms with E-state index in [0.717, 1.165) is 29.9 Å². The van der Waals surface area contributed by atoms with Gasteiger partial charge in [0.25, 0.3) is 5.91 Å². The van der Waals surface area contributed by atoms with E-state index < -0.39 is 0 Å². The van der Waals surface area contributed by atoms with Crippen molar-refractivity contribution in [2.45, 2.75) is 13.0 Å². The molecule has 1 unspecified atom stereocenters. The number of pyridine rings is 2. The molecule has 1 N–H and O–H groups in total. The largest absolute Gasteiger partial charge is 0.379 e. The minimum Gasteiger partial charge on any atom is -0.379 e. The van der Waals surface area contributed by atoms with Crippen LogP contribution in [0.3, 0.4) is 0 Å². The molecule has 7 nitrogen and oxygen atoms in total. The van der Waals surface area contributed by atoms with Gasteiger partial charge in [-0.3, -0.25) is 14.7 Å². The van der Waals surface area contributed by atoms with E-state index in [0.29, 0.717) is 25.5 Å². The lowest BCUT2D eigenvalue weighted by Crippen LogP contribution is -2.43. The Balaban J connectivity index is 1.50. The smallest absolute Gasteiger partial charge is 0.271 e. The SMILES string of the molecule is Cc1cccn2cc(C(=O)NCC(c3cccnc3)N3CCOCC3)nc12. The number of carbonyl (C=O) groups excluding carboxylic acids is 1. The summed E-state index contributed by atoms with van der Waals surface area (Å²) in [5.41, 5.74) is 3.36. The van der Waals surface area contributed by atoms with Gasteiger partial charge in [0.2, 0.25) is 0 Å². The van der Waals surface area contributed by atoms with Crippen LogP contribution in [0.15, 0.2) is 49.1 Å². The van der Waals surface area contributed by atoms with Crippen LogP contribution in [-0.2, 0) is 4.74 Å². The molecule has 0 bridgehead atoms. The highest BCUT2D eigenvalue weighted by molar-refractivity contribution is 5.93. The predicted octanol–water partition coefficient (Wildman–Crippen LogP) is 1.84. The van der Waals surface area contributed by atoms with Crippen molar-refractivity contribution < 1.29 is 9.53 Å². The molecule has 7 heteroatoms. The normalized spacial score (nSPS) is 16.3. The molecular weight excluding hydrogens is 342 g/mol. The second-order valence-electron chi connectivity index (χ2n) is 6.71. The summed E-state index contributed by atoms with van der Waals surface area (Å²) in [7, 11) is 0. The molecule has 1 amide bonds. The molecule has 1 aliphatic rings. The molecule has 0 spiro atoms. The second kappa shape index (κ2) is 7.85. The van der Waals surface area contributed by atoms with Crippen molar-refractivity contribution in [2.24, 2.45) is 0 Å². The Morgan fingerprint density at radius 1 is 1.30 bits per heavy atom. The minimum absolute atomic E-state index is 0.0605. The maximum Gasteiger partial charge on any atom is 0.271 e. The number of fused-ring (bicyclic) bond motifs is 1. The van der Waals surface area contributed by atoms with E-state index in [1.807, 2.05) is 48.0 Å². The lowest BCUT2D eigenvalue weighted by atomic mass is 10.1. The summed E-state index contributed by atoms with van der Waals surface area (Å²) in [5.74, 6) is -0.166. The highest BCUT2D eigenvalue weighted by Gasteiger charge is 2.24. The number of nitrogens with zero attached hydrogens (tertiary/aromatic N) is 4. The number of rotatable bonds is 5. The molecule has 1 saturated heterocycles. The molecule has 0 aromatic carbocycles. The first-order valence-corrected chi connectivity index (χ1v) is 9.16. The molecule has 3 aromatic heterocycles. The van der Waals surface area contributed by atoms with Crippen molar-refractivity contribution in [1.29, 1.82) is 0 Å². The number of ether oxygens (including phenoxy) is 1. The third-order valence-electron chi connectivity index (χ3n) is 4.92. The molecule has 0 radical (unpaired) electrons. The Hall–Kier alpha value is -2.77. The molecule has 0 aliphatic carbocycles. The molecule has 1 fully saturated rings. The number of aryl methyl sites for hydroxylation is 1. The standard InChI is InChI=1S/C20H23N5O2/c1-15-4-3-7-25-14-17(23-19(15)25)20(26)22-13-18(16-5-2-6-21-12-16)24-8-10-27-11-9-24/h2-7,12,14,18H,8-11,13H2,1H3,(H,22,26). The van der Waals surface area contributed by atoms with Crippen molar-refractivity contribution in [3.8, 4) is 0 Å². The number of morpholine rings is 1. The van der Waals surface area contributed by atoms with E-state index in [9.17, 15) is 4.79 Å². The van der Waals surface area contributed by atoms with Crippen LogP contribution < -0.4 is 5.32 Å². The highest BCUT2D eigenvalue weighted by atomic mass is 16.5. The Bertz CT molecular complexity index is 919. The topological polar surface area (TPSA) is 71.8 Å². The first kappa shape index (κ1) is 17.6. The number of aromatic nitrogens is 3. The Labute approximate surface area is 158 Å².